The molecule has 0 saturated heterocycles. The highest BCUT2D eigenvalue weighted by molar-refractivity contribution is 7.19. The molecule has 0 saturated carbocycles. The zero-order valence-electron chi connectivity index (χ0n) is 13.0. The van der Waals surface area contributed by atoms with E-state index in [1.54, 1.807) is 0 Å². The number of nitrogens with zero attached hydrogens (tertiary/aromatic N) is 1. The van der Waals surface area contributed by atoms with Crippen LogP contribution in [-0.4, -0.2) is 0 Å². The van der Waals surface area contributed by atoms with Crippen molar-refractivity contribution >= 4 is 27.7 Å². The maximum Gasteiger partial charge on any atom is 0.223 e. The van der Waals surface area contributed by atoms with Crippen molar-refractivity contribution in [3.8, 4) is 16.5 Å². The zero-order valence-corrected chi connectivity index (χ0v) is 13.9. The Morgan fingerprint density at radius 1 is 1.08 bits per heavy atom. The van der Waals surface area contributed by atoms with Crippen molar-refractivity contribution in [1.29, 1.82) is 5.26 Å². The van der Waals surface area contributed by atoms with E-state index in [0.717, 1.165) is 16.8 Å². The molecule has 0 aliphatic carbocycles. The van der Waals surface area contributed by atoms with Gasteiger partial charge in [-0.25, -0.2) is 0 Å². The van der Waals surface area contributed by atoms with E-state index in [-0.39, 0.29) is 11.3 Å². The number of rotatable bonds is 3. The molecule has 4 nitrogen and oxygen atoms in total. The van der Waals surface area contributed by atoms with Gasteiger partial charge in [-0.1, -0.05) is 48.0 Å². The van der Waals surface area contributed by atoms with Crippen LogP contribution >= 0.6 is 11.3 Å². The van der Waals surface area contributed by atoms with E-state index in [9.17, 15) is 10.1 Å². The molecular weight excluding hydrogens is 318 g/mol. The molecule has 0 radical (unpaired) electrons. The van der Waals surface area contributed by atoms with E-state index in [1.165, 1.54) is 11.3 Å². The smallest absolute Gasteiger partial charge is 0.223 e. The number of aryl methyl sites for hydroxylation is 1. The Hall–Kier alpha value is -3.10. The summed E-state index contributed by atoms with van der Waals surface area (Å²) in [5.41, 5.74) is 8.52. The number of hydrogen-bond donors (Lipinski definition) is 2. The molecule has 0 amide bonds. The molecule has 0 aliphatic rings. The fraction of sp³-hybridized carbons (Fsp3) is 0.0526. The molecule has 2 aromatic carbocycles. The minimum atomic E-state index is -0.440. The van der Waals surface area contributed by atoms with Crippen molar-refractivity contribution in [3.63, 3.8) is 0 Å². The first-order valence-corrected chi connectivity index (χ1v) is 8.17. The first kappa shape index (κ1) is 15.8. The van der Waals surface area contributed by atoms with E-state index in [2.05, 4.69) is 5.32 Å². The average molecular weight is 333 g/mol. The molecule has 0 fully saturated rings. The van der Waals surface area contributed by atoms with Gasteiger partial charge in [-0.15, -0.1) is 11.3 Å². The Morgan fingerprint density at radius 2 is 1.75 bits per heavy atom. The Labute approximate surface area is 143 Å². The fourth-order valence-electron chi connectivity index (χ4n) is 2.31. The van der Waals surface area contributed by atoms with Crippen LogP contribution in [0.15, 0.2) is 59.4 Å². The molecular formula is C19H15N3OS. The first-order valence-electron chi connectivity index (χ1n) is 7.36. The normalized spacial score (nSPS) is 10.2. The number of nitrogens with one attached hydrogen (secondary N) is 1. The molecule has 0 atom stereocenters. The van der Waals surface area contributed by atoms with Gasteiger partial charge in [0.25, 0.3) is 0 Å². The molecule has 3 aromatic rings. The first-order chi connectivity index (χ1) is 11.6. The van der Waals surface area contributed by atoms with Gasteiger partial charge >= 0.3 is 0 Å². The second-order valence-electron chi connectivity index (χ2n) is 5.35. The average Bonchev–Trinajstić information content (AvgIpc) is 2.60. The lowest BCUT2D eigenvalue weighted by molar-refractivity contribution is 1.45. The molecule has 5 heteroatoms. The van der Waals surface area contributed by atoms with Crippen LogP contribution in [0.5, 0.6) is 0 Å². The summed E-state index contributed by atoms with van der Waals surface area (Å²) in [4.78, 5) is 13.2. The molecule has 118 valence electrons. The lowest BCUT2D eigenvalue weighted by atomic mass is 10.1. The summed E-state index contributed by atoms with van der Waals surface area (Å²) >= 11 is 1.31. The summed E-state index contributed by atoms with van der Waals surface area (Å²) in [6, 6.07) is 19.2. The summed E-state index contributed by atoms with van der Waals surface area (Å²) in [5, 5.41) is 13.0. The summed E-state index contributed by atoms with van der Waals surface area (Å²) in [5.74, 6) is 0. The van der Waals surface area contributed by atoms with Crippen molar-refractivity contribution in [2.45, 2.75) is 6.92 Å². The van der Waals surface area contributed by atoms with Gasteiger partial charge in [0.1, 0.15) is 16.6 Å². The largest absolute Gasteiger partial charge is 0.394 e. The lowest BCUT2D eigenvalue weighted by Crippen LogP contribution is -2.14. The third-order valence-electron chi connectivity index (χ3n) is 3.60. The van der Waals surface area contributed by atoms with E-state index < -0.39 is 5.43 Å². The zero-order chi connectivity index (χ0) is 17.1. The van der Waals surface area contributed by atoms with Crippen molar-refractivity contribution in [2.75, 3.05) is 11.1 Å². The van der Waals surface area contributed by atoms with Gasteiger partial charge in [0.15, 0.2) is 0 Å². The highest BCUT2D eigenvalue weighted by atomic mass is 32.1. The van der Waals surface area contributed by atoms with Gasteiger partial charge in [0, 0.05) is 5.69 Å². The van der Waals surface area contributed by atoms with Crippen LogP contribution in [-0.2, 0) is 0 Å². The molecule has 1 heterocycles. The minimum absolute atomic E-state index is 0.0391. The molecule has 3 N–H and O–H groups in total. The number of hydrogen-bond acceptors (Lipinski definition) is 5. The van der Waals surface area contributed by atoms with E-state index in [4.69, 9.17) is 5.73 Å². The third kappa shape index (κ3) is 3.00. The van der Waals surface area contributed by atoms with Crippen molar-refractivity contribution in [1.82, 2.24) is 0 Å². The van der Waals surface area contributed by atoms with Gasteiger partial charge in [-0.05, 0) is 24.6 Å². The maximum atomic E-state index is 12.5. The van der Waals surface area contributed by atoms with Crippen LogP contribution in [0.1, 0.15) is 11.1 Å². The topological polar surface area (TPSA) is 78.9 Å². The Morgan fingerprint density at radius 3 is 2.38 bits per heavy atom. The number of anilines is 3. The molecule has 3 rings (SSSR count). The van der Waals surface area contributed by atoms with E-state index in [0.29, 0.717) is 9.88 Å². The summed E-state index contributed by atoms with van der Waals surface area (Å²) in [7, 11) is 0. The Bertz CT molecular complexity index is 970. The van der Waals surface area contributed by atoms with Crippen LogP contribution in [0.2, 0.25) is 0 Å². The highest BCUT2D eigenvalue weighted by Gasteiger charge is 2.17. The van der Waals surface area contributed by atoms with Crippen LogP contribution in [0, 0.1) is 18.3 Å². The molecule has 0 unspecified atom stereocenters. The van der Waals surface area contributed by atoms with Gasteiger partial charge in [-0.2, -0.15) is 5.26 Å². The molecule has 0 aliphatic heterocycles. The predicted octanol–water partition coefficient (Wildman–Crippen LogP) is 4.28. The van der Waals surface area contributed by atoms with Crippen LogP contribution in [0.25, 0.3) is 10.4 Å². The van der Waals surface area contributed by atoms with E-state index >= 15 is 0 Å². The third-order valence-corrected chi connectivity index (χ3v) is 4.77. The monoisotopic (exact) mass is 333 g/mol. The minimum Gasteiger partial charge on any atom is -0.394 e. The van der Waals surface area contributed by atoms with Crippen LogP contribution in [0.4, 0.5) is 16.4 Å². The number of benzene rings is 2. The summed E-state index contributed by atoms with van der Waals surface area (Å²) in [6.45, 7) is 2.00. The second kappa shape index (κ2) is 6.57. The van der Waals surface area contributed by atoms with Crippen LogP contribution in [0.3, 0.4) is 0 Å². The molecule has 0 bridgehead atoms. The second-order valence-corrected chi connectivity index (χ2v) is 6.37. The number of para-hydroxylation sites is 1. The lowest BCUT2D eigenvalue weighted by Gasteiger charge is -2.11. The number of nitrogen functional groups attached to an aromatic ring is 1. The van der Waals surface area contributed by atoms with Gasteiger partial charge in [0.05, 0.1) is 10.6 Å². The maximum absolute atomic E-state index is 12.5. The Kier molecular flexibility index (Phi) is 4.32. The summed E-state index contributed by atoms with van der Waals surface area (Å²) < 4.78 is 0. The fourth-order valence-corrected chi connectivity index (χ4v) is 3.38. The van der Waals surface area contributed by atoms with Crippen molar-refractivity contribution in [3.05, 3.63) is 75.9 Å². The van der Waals surface area contributed by atoms with Gasteiger partial charge in [0.2, 0.25) is 5.43 Å². The van der Waals surface area contributed by atoms with Crippen molar-refractivity contribution in [2.24, 2.45) is 0 Å². The quantitative estimate of drug-likeness (QED) is 0.750. The van der Waals surface area contributed by atoms with Gasteiger partial charge in [-0.3, -0.25) is 4.79 Å². The Balaban J connectivity index is 2.16. The van der Waals surface area contributed by atoms with E-state index in [1.807, 2.05) is 67.6 Å². The summed E-state index contributed by atoms with van der Waals surface area (Å²) in [6.07, 6.45) is 0. The molecule has 0 spiro atoms. The van der Waals surface area contributed by atoms with Crippen molar-refractivity contribution < 1.29 is 0 Å². The number of nitrogens with two attached hydrogens (primary N) is 1. The molecule has 1 aromatic heterocycles. The van der Waals surface area contributed by atoms with Crippen LogP contribution < -0.4 is 16.5 Å². The SMILES string of the molecule is Cc1ccc(-c2sc(Nc3ccccc3)c(C#N)c(=O)c2N)cc1. The highest BCUT2D eigenvalue weighted by Crippen LogP contribution is 2.35. The number of nitriles is 1. The molecule has 24 heavy (non-hydrogen) atoms. The van der Waals surface area contributed by atoms with Gasteiger partial charge < -0.3 is 11.1 Å². The predicted molar refractivity (Wildman–Crippen MR) is 99.6 cm³/mol. The standard InChI is InChI=1S/C19H15N3OS/c1-12-7-9-13(10-8-12)18-16(21)17(23)15(11-20)19(24-18)22-14-5-3-2-4-6-14/h2-10,22H,21H2,1H3.